The van der Waals surface area contributed by atoms with Gasteiger partial charge in [-0.05, 0) is 51.3 Å². The number of carbonyl (C=O) groups is 1. The zero-order chi connectivity index (χ0) is 21.1. The lowest BCUT2D eigenvalue weighted by atomic mass is 10.0. The molecule has 0 aliphatic carbocycles. The second kappa shape index (κ2) is 8.65. The number of nitrogens with one attached hydrogen (secondary N) is 1. The van der Waals surface area contributed by atoms with Crippen LogP contribution in [0.3, 0.4) is 0 Å². The number of H-pyrrole nitrogens is 1. The summed E-state index contributed by atoms with van der Waals surface area (Å²) < 4.78 is 19.1. The van der Waals surface area contributed by atoms with E-state index in [1.165, 1.54) is 12.1 Å². The van der Waals surface area contributed by atoms with E-state index in [9.17, 15) is 9.18 Å². The molecule has 1 saturated heterocycles. The lowest BCUT2D eigenvalue weighted by Crippen LogP contribution is -2.39. The van der Waals surface area contributed by atoms with Crippen molar-refractivity contribution in [2.24, 2.45) is 0 Å². The van der Waals surface area contributed by atoms with E-state index in [-0.39, 0.29) is 23.9 Å². The third-order valence-corrected chi connectivity index (χ3v) is 5.15. The highest BCUT2D eigenvalue weighted by Crippen LogP contribution is 2.32. The van der Waals surface area contributed by atoms with Gasteiger partial charge >= 0.3 is 0 Å². The van der Waals surface area contributed by atoms with Gasteiger partial charge in [0.25, 0.3) is 5.91 Å². The smallest absolute Gasteiger partial charge is 0.256 e. The Morgan fingerprint density at radius 1 is 1.20 bits per heavy atom. The van der Waals surface area contributed by atoms with E-state index in [4.69, 9.17) is 4.74 Å². The molecule has 0 unspecified atom stereocenters. The molecule has 1 N–H and O–H groups in total. The van der Waals surface area contributed by atoms with Crippen LogP contribution >= 0.6 is 0 Å². The zero-order valence-corrected chi connectivity index (χ0v) is 17.1. The molecule has 7 heteroatoms. The Hall–Kier alpha value is -3.22. The lowest BCUT2D eigenvalue weighted by molar-refractivity contribution is 0.0600. The highest BCUT2D eigenvalue weighted by atomic mass is 19.1. The molecule has 6 nitrogen and oxygen atoms in total. The first-order chi connectivity index (χ1) is 14.5. The third kappa shape index (κ3) is 4.35. The predicted octanol–water partition coefficient (Wildman–Crippen LogP) is 4.77. The Balaban J connectivity index is 1.55. The molecule has 0 saturated carbocycles. The third-order valence-electron chi connectivity index (χ3n) is 5.15. The van der Waals surface area contributed by atoms with Crippen molar-refractivity contribution in [3.05, 3.63) is 66.0 Å². The number of pyridine rings is 1. The number of aromatic nitrogens is 3. The van der Waals surface area contributed by atoms with Crippen molar-refractivity contribution in [1.82, 2.24) is 19.9 Å². The molecule has 2 aromatic heterocycles. The first-order valence-electron chi connectivity index (χ1n) is 10.3. The molecule has 1 aliphatic rings. The average Bonchev–Trinajstić information content (AvgIpc) is 3.24. The summed E-state index contributed by atoms with van der Waals surface area (Å²) in [6.07, 6.45) is 6.07. The van der Waals surface area contributed by atoms with E-state index >= 15 is 0 Å². The van der Waals surface area contributed by atoms with E-state index in [0.29, 0.717) is 18.0 Å². The van der Waals surface area contributed by atoms with E-state index in [1.807, 2.05) is 24.8 Å². The van der Waals surface area contributed by atoms with Gasteiger partial charge in [-0.3, -0.25) is 4.79 Å². The molecule has 3 aromatic rings. The molecule has 1 amide bonds. The number of likely N-dealkylation sites (tertiary alicyclic amines) is 1. The van der Waals surface area contributed by atoms with Crippen LogP contribution in [0.15, 0.2) is 48.8 Å². The Bertz CT molecular complexity index is 1020. The molecule has 4 rings (SSSR count). The lowest BCUT2D eigenvalue weighted by Gasteiger charge is -2.34. The molecule has 0 bridgehead atoms. The van der Waals surface area contributed by atoms with Crippen molar-refractivity contribution in [2.45, 2.75) is 45.3 Å². The first kappa shape index (κ1) is 20.1. The maximum absolute atomic E-state index is 13.6. The van der Waals surface area contributed by atoms with E-state index in [0.717, 1.165) is 36.3 Å². The predicted molar refractivity (Wildman–Crippen MR) is 112 cm³/mol. The molecule has 0 spiro atoms. The molecule has 1 aromatic carbocycles. The number of hydrogen-bond donors (Lipinski definition) is 1. The zero-order valence-electron chi connectivity index (χ0n) is 17.1. The number of piperidine rings is 1. The number of halogens is 1. The number of benzene rings is 1. The van der Waals surface area contributed by atoms with Crippen LogP contribution in [0.2, 0.25) is 0 Å². The van der Waals surface area contributed by atoms with Gasteiger partial charge in [0.15, 0.2) is 0 Å². The minimum atomic E-state index is -0.296. The molecule has 1 atom stereocenters. The van der Waals surface area contributed by atoms with Gasteiger partial charge in [0.1, 0.15) is 11.6 Å². The van der Waals surface area contributed by atoms with Crippen molar-refractivity contribution in [3.8, 4) is 17.1 Å². The number of amides is 1. The van der Waals surface area contributed by atoms with E-state index in [2.05, 4.69) is 15.0 Å². The Kier molecular flexibility index (Phi) is 5.79. The number of nitrogens with zero attached hydrogens (tertiary/aromatic N) is 3. The highest BCUT2D eigenvalue weighted by Gasteiger charge is 2.31. The van der Waals surface area contributed by atoms with Crippen LogP contribution in [0.1, 0.15) is 55.3 Å². The Morgan fingerprint density at radius 3 is 2.80 bits per heavy atom. The van der Waals surface area contributed by atoms with Crippen LogP contribution in [0.4, 0.5) is 4.39 Å². The number of hydrogen-bond acceptors (Lipinski definition) is 4. The fourth-order valence-corrected chi connectivity index (χ4v) is 3.75. The summed E-state index contributed by atoms with van der Waals surface area (Å²) in [5.41, 5.74) is 1.99. The largest absolute Gasteiger partial charge is 0.475 e. The molecule has 1 fully saturated rings. The molecular formula is C23H25FN4O2. The molecule has 3 heterocycles. The van der Waals surface area contributed by atoms with Gasteiger partial charge in [-0.2, -0.15) is 0 Å². The van der Waals surface area contributed by atoms with Crippen molar-refractivity contribution >= 4 is 5.91 Å². The van der Waals surface area contributed by atoms with Crippen molar-refractivity contribution in [3.63, 3.8) is 0 Å². The first-order valence-corrected chi connectivity index (χ1v) is 10.3. The fraction of sp³-hybridized carbons (Fsp3) is 0.348. The summed E-state index contributed by atoms with van der Waals surface area (Å²) >= 11 is 0. The SMILES string of the molecule is CC(C)Oc1ccc(C(=O)N2CCCC[C@@H]2c2ncc(-c3cccc(F)c3)[nH]2)cn1. The summed E-state index contributed by atoms with van der Waals surface area (Å²) in [4.78, 5) is 27.1. The normalized spacial score (nSPS) is 16.7. The topological polar surface area (TPSA) is 71.1 Å². The maximum atomic E-state index is 13.6. The average molecular weight is 408 g/mol. The summed E-state index contributed by atoms with van der Waals surface area (Å²) in [6.45, 7) is 4.52. The Morgan fingerprint density at radius 2 is 2.07 bits per heavy atom. The van der Waals surface area contributed by atoms with E-state index in [1.54, 1.807) is 30.6 Å². The van der Waals surface area contributed by atoms with Crippen LogP contribution in [0.5, 0.6) is 5.88 Å². The molecule has 156 valence electrons. The number of aromatic amines is 1. The molecule has 1 aliphatic heterocycles. The van der Waals surface area contributed by atoms with Crippen molar-refractivity contribution in [2.75, 3.05) is 6.54 Å². The highest BCUT2D eigenvalue weighted by molar-refractivity contribution is 5.94. The van der Waals surface area contributed by atoms with Crippen LogP contribution in [0, 0.1) is 5.82 Å². The van der Waals surface area contributed by atoms with E-state index < -0.39 is 0 Å². The molecule has 30 heavy (non-hydrogen) atoms. The second-order valence-electron chi connectivity index (χ2n) is 7.75. The minimum Gasteiger partial charge on any atom is -0.475 e. The number of rotatable bonds is 5. The van der Waals surface area contributed by atoms with Gasteiger partial charge in [-0.1, -0.05) is 12.1 Å². The summed E-state index contributed by atoms with van der Waals surface area (Å²) in [5, 5.41) is 0. The standard InChI is InChI=1S/C23H25FN4O2/c1-15(2)30-21-10-9-17(13-25-21)23(29)28-11-4-3-8-20(28)22-26-14-19(27-22)16-6-5-7-18(24)12-16/h5-7,9-10,12-15,20H,3-4,8,11H2,1-2H3,(H,26,27)/t20-/m1/s1. The molecule has 0 radical (unpaired) electrons. The van der Waals surface area contributed by atoms with Crippen LogP contribution in [0.25, 0.3) is 11.3 Å². The Labute approximate surface area is 175 Å². The minimum absolute atomic E-state index is 0.0248. The number of ether oxygens (including phenoxy) is 1. The van der Waals surface area contributed by atoms with Crippen LogP contribution in [-0.2, 0) is 0 Å². The van der Waals surface area contributed by atoms with Gasteiger partial charge in [-0.25, -0.2) is 14.4 Å². The van der Waals surface area contributed by atoms with Gasteiger partial charge in [-0.15, -0.1) is 0 Å². The van der Waals surface area contributed by atoms with Crippen LogP contribution in [-0.4, -0.2) is 38.4 Å². The van der Waals surface area contributed by atoms with Crippen LogP contribution < -0.4 is 4.74 Å². The monoisotopic (exact) mass is 408 g/mol. The van der Waals surface area contributed by atoms with Crippen molar-refractivity contribution in [1.29, 1.82) is 0 Å². The van der Waals surface area contributed by atoms with Gasteiger partial charge in [0, 0.05) is 24.4 Å². The van der Waals surface area contributed by atoms with Gasteiger partial charge < -0.3 is 14.6 Å². The number of carbonyl (C=O) groups excluding carboxylic acids is 1. The maximum Gasteiger partial charge on any atom is 0.256 e. The summed E-state index contributed by atoms with van der Waals surface area (Å²) in [5.74, 6) is 0.847. The van der Waals surface area contributed by atoms with Gasteiger partial charge in [0.05, 0.1) is 29.6 Å². The summed E-state index contributed by atoms with van der Waals surface area (Å²) in [7, 11) is 0. The molecular weight excluding hydrogens is 383 g/mol. The summed E-state index contributed by atoms with van der Waals surface area (Å²) in [6, 6.07) is 9.69. The fourth-order valence-electron chi connectivity index (χ4n) is 3.75. The van der Waals surface area contributed by atoms with Gasteiger partial charge in [0.2, 0.25) is 5.88 Å². The quantitative estimate of drug-likeness (QED) is 0.660. The second-order valence-corrected chi connectivity index (χ2v) is 7.75. The van der Waals surface area contributed by atoms with Crippen molar-refractivity contribution < 1.29 is 13.9 Å². The number of imidazole rings is 1.